The van der Waals surface area contributed by atoms with Gasteiger partial charge in [0.15, 0.2) is 0 Å². The van der Waals surface area contributed by atoms with Crippen molar-refractivity contribution in [3.63, 3.8) is 0 Å². The summed E-state index contributed by atoms with van der Waals surface area (Å²) in [6, 6.07) is 0. The van der Waals surface area contributed by atoms with Crippen LogP contribution in [-0.2, 0) is 0 Å². The van der Waals surface area contributed by atoms with Crippen LogP contribution in [0.2, 0.25) is 0 Å². The molecule has 0 aromatic carbocycles. The van der Waals surface area contributed by atoms with Crippen molar-refractivity contribution in [2.75, 3.05) is 0 Å². The van der Waals surface area contributed by atoms with Crippen molar-refractivity contribution in [2.45, 2.75) is 0 Å². The van der Waals surface area contributed by atoms with Crippen LogP contribution in [0.5, 0.6) is 0 Å². The first kappa shape index (κ1) is 1650. The Balaban J connectivity index is 0. The van der Waals surface area contributed by atoms with Crippen LogP contribution in [0.25, 0.3) is 0 Å². The zero-order valence-electron chi connectivity index (χ0n) is 3.64. The maximum atomic E-state index is 0. The topological polar surface area (TPSA) is 0 Å². The van der Waals surface area contributed by atoms with Gasteiger partial charge in [0, 0.05) is 0 Å². The second-order valence-corrected chi connectivity index (χ2v) is 0. The van der Waals surface area contributed by atoms with E-state index in [1.807, 2.05) is 0 Å². The molecule has 0 fully saturated rings. The zero-order valence-corrected chi connectivity index (χ0v) is 6.21. The summed E-state index contributed by atoms with van der Waals surface area (Å²) in [4.78, 5) is 0. The monoisotopic (exact) mass is 178 g/mol. The summed E-state index contributed by atoms with van der Waals surface area (Å²) in [6.07, 6.45) is 0. The summed E-state index contributed by atoms with van der Waals surface area (Å²) in [5, 5.41) is 0. The normalized spacial score (nSPS) is 0. The Hall–Kier alpha value is 0.542. The fraction of sp³-hybridized carbons (Fsp3) is 0. The predicted octanol–water partition coefficient (Wildman–Crippen LogP) is -8.85. The predicted molar refractivity (Wildman–Crippen MR) is 24.4 cm³/mol. The van der Waals surface area contributed by atoms with Crippen LogP contribution in [-0.4, -0.2) is 17.4 Å². The SMILES string of the molecule is F.F.F.P.[Al+3].[F-].[F-].[F-]. The van der Waals surface area contributed by atoms with Crippen LogP contribution in [0.15, 0.2) is 0 Å². The fourth-order valence-electron chi connectivity index (χ4n) is 0. The van der Waals surface area contributed by atoms with E-state index in [4.69, 9.17) is 0 Å². The quantitative estimate of drug-likeness (QED) is 0.196. The van der Waals surface area contributed by atoms with Gasteiger partial charge in [-0.1, -0.05) is 0 Å². The fourth-order valence-corrected chi connectivity index (χ4v) is 0. The molecule has 0 nitrogen and oxygen atoms in total. The molecule has 0 aliphatic rings. The molecule has 8 heavy (non-hydrogen) atoms. The van der Waals surface area contributed by atoms with Gasteiger partial charge in [-0.05, 0) is 0 Å². The molecule has 0 rings (SSSR count). The molecule has 0 saturated carbocycles. The Bertz CT molecular complexity index is 8.49. The van der Waals surface area contributed by atoms with E-state index in [9.17, 15) is 0 Å². The molecule has 0 saturated heterocycles. The molecule has 0 amide bonds. The van der Waals surface area contributed by atoms with E-state index in [1.165, 1.54) is 0 Å². The van der Waals surface area contributed by atoms with Gasteiger partial charge in [-0.25, -0.2) is 0 Å². The molecular weight excluding hydrogens is 172 g/mol. The summed E-state index contributed by atoms with van der Waals surface area (Å²) in [7, 11) is 0. The third-order valence-electron chi connectivity index (χ3n) is 0. The molecule has 0 heterocycles. The Morgan fingerprint density at radius 2 is 0.500 bits per heavy atom. The number of halogens is 6. The Morgan fingerprint density at radius 3 is 0.500 bits per heavy atom. The molecule has 0 bridgehead atoms. The van der Waals surface area contributed by atoms with Crippen LogP contribution in [0.4, 0.5) is 14.1 Å². The average molecular weight is 178 g/mol. The molecule has 0 aromatic rings. The van der Waals surface area contributed by atoms with Crippen LogP contribution < -0.4 is 14.1 Å². The first-order valence-corrected chi connectivity index (χ1v) is 0. The maximum absolute atomic E-state index is 0. The smallest absolute Gasteiger partial charge is 1.00 e. The minimum atomic E-state index is 0. The summed E-state index contributed by atoms with van der Waals surface area (Å²) in [5.74, 6) is 0. The second kappa shape index (κ2) is 1100. The van der Waals surface area contributed by atoms with Crippen LogP contribution in [0.3, 0.4) is 0 Å². The van der Waals surface area contributed by atoms with E-state index in [-0.39, 0.29) is 55.5 Å². The van der Waals surface area contributed by atoms with Crippen LogP contribution >= 0.6 is 9.90 Å². The van der Waals surface area contributed by atoms with Crippen molar-refractivity contribution in [3.8, 4) is 0 Å². The van der Waals surface area contributed by atoms with E-state index in [0.29, 0.717) is 0 Å². The van der Waals surface area contributed by atoms with Crippen molar-refractivity contribution < 1.29 is 28.2 Å². The molecule has 0 aromatic heterocycles. The summed E-state index contributed by atoms with van der Waals surface area (Å²) in [5.41, 5.74) is 0. The first-order chi connectivity index (χ1) is 0. The van der Waals surface area contributed by atoms with Gasteiger partial charge >= 0.3 is 17.4 Å². The zero-order chi connectivity index (χ0) is 0. The Morgan fingerprint density at radius 1 is 0.500 bits per heavy atom. The van der Waals surface area contributed by atoms with Crippen molar-refractivity contribution in [3.05, 3.63) is 0 Å². The van der Waals surface area contributed by atoms with E-state index in [0.717, 1.165) is 0 Å². The van der Waals surface area contributed by atoms with E-state index >= 15 is 0 Å². The average Bonchev–Trinajstić information content (AvgIpc) is 0. The summed E-state index contributed by atoms with van der Waals surface area (Å²) < 4.78 is 0. The van der Waals surface area contributed by atoms with Crippen LogP contribution in [0.1, 0.15) is 0 Å². The van der Waals surface area contributed by atoms with Gasteiger partial charge in [0.2, 0.25) is 0 Å². The maximum Gasteiger partial charge on any atom is 3.00 e. The molecule has 0 aliphatic carbocycles. The van der Waals surface area contributed by atoms with Gasteiger partial charge in [-0.2, -0.15) is 9.90 Å². The third kappa shape index (κ3) is 683. The van der Waals surface area contributed by atoms with E-state index < -0.39 is 0 Å². The molecule has 0 radical (unpaired) electrons. The Kier molecular flexibility index (Phi) is 226000. The summed E-state index contributed by atoms with van der Waals surface area (Å²) >= 11 is 0. The largest absolute Gasteiger partial charge is 3.00 e. The molecule has 8 heteroatoms. The van der Waals surface area contributed by atoms with Crippen LogP contribution in [0, 0.1) is 0 Å². The third-order valence-corrected chi connectivity index (χ3v) is 0. The molecule has 1 atom stereocenters. The van der Waals surface area contributed by atoms with Gasteiger partial charge in [0.05, 0.1) is 0 Å². The molecule has 0 aliphatic heterocycles. The molecule has 1 unspecified atom stereocenters. The minimum absolute atomic E-state index is 0. The van der Waals surface area contributed by atoms with Gasteiger partial charge in [-0.3, -0.25) is 14.1 Å². The molecular formula is H6AlF6P. The number of hydrogen-bond donors (Lipinski definition) is 0. The van der Waals surface area contributed by atoms with Crippen molar-refractivity contribution in [1.82, 2.24) is 0 Å². The van der Waals surface area contributed by atoms with Gasteiger partial charge < -0.3 is 14.1 Å². The molecule has 56 valence electrons. The van der Waals surface area contributed by atoms with E-state index in [1.54, 1.807) is 0 Å². The minimum Gasteiger partial charge on any atom is -1.00 e. The van der Waals surface area contributed by atoms with Gasteiger partial charge in [-0.15, -0.1) is 0 Å². The standard InChI is InChI=1S/Al.6FH.H3P/h;6*1H;1H3/q+3;;;;;;;/p-3. The number of rotatable bonds is 0. The first-order valence-electron chi connectivity index (χ1n) is 0. The van der Waals surface area contributed by atoms with E-state index in [2.05, 4.69) is 0 Å². The Labute approximate surface area is 56.4 Å². The molecule has 0 spiro atoms. The number of hydrogen-bond acceptors (Lipinski definition) is 0. The second-order valence-electron chi connectivity index (χ2n) is 0. The van der Waals surface area contributed by atoms with Crippen molar-refractivity contribution >= 4 is 27.3 Å². The van der Waals surface area contributed by atoms with Gasteiger partial charge in [0.25, 0.3) is 0 Å². The molecule has 0 N–H and O–H groups in total. The van der Waals surface area contributed by atoms with Gasteiger partial charge in [0.1, 0.15) is 0 Å². The van der Waals surface area contributed by atoms with Crippen molar-refractivity contribution in [2.24, 2.45) is 0 Å². The summed E-state index contributed by atoms with van der Waals surface area (Å²) in [6.45, 7) is 0. The van der Waals surface area contributed by atoms with Crippen molar-refractivity contribution in [1.29, 1.82) is 0 Å².